The van der Waals surface area contributed by atoms with Gasteiger partial charge in [0.05, 0.1) is 16.0 Å². The summed E-state index contributed by atoms with van der Waals surface area (Å²) < 4.78 is 23.5. The number of sulfone groups is 1. The molecule has 0 aromatic carbocycles. The first-order valence-corrected chi connectivity index (χ1v) is 10.2. The number of anilines is 1. The lowest BCUT2D eigenvalue weighted by atomic mass is 10.2. The number of pyridine rings is 1. The van der Waals surface area contributed by atoms with Gasteiger partial charge in [-0.1, -0.05) is 0 Å². The Bertz CT molecular complexity index is 1020. The number of primary amides is 1. The average Bonchev–Trinajstić information content (AvgIpc) is 3.03. The number of hydrogen-bond donors (Lipinski definition) is 2. The van der Waals surface area contributed by atoms with E-state index in [-0.39, 0.29) is 5.75 Å². The van der Waals surface area contributed by atoms with E-state index in [9.17, 15) is 13.2 Å². The van der Waals surface area contributed by atoms with E-state index in [1.165, 1.54) is 35.1 Å². The van der Waals surface area contributed by atoms with Crippen LogP contribution in [0.25, 0.3) is 19.8 Å². The Morgan fingerprint density at radius 3 is 2.65 bits per heavy atom. The number of fused-ring (bicyclic) bond motifs is 1. The summed E-state index contributed by atoms with van der Waals surface area (Å²) in [6.07, 6.45) is 2.58. The van der Waals surface area contributed by atoms with Gasteiger partial charge in [0, 0.05) is 32.5 Å². The van der Waals surface area contributed by atoms with Crippen LogP contribution >= 0.6 is 22.7 Å². The SMILES string of the molecule is CS(=O)(=O)Cc1ccc(-c2cc3c(N)ncc(C(N)=O)c3s2)s1. The molecule has 0 unspecified atom stereocenters. The summed E-state index contributed by atoms with van der Waals surface area (Å²) >= 11 is 2.79. The zero-order chi connectivity index (χ0) is 16.8. The van der Waals surface area contributed by atoms with Crippen molar-refractivity contribution in [1.82, 2.24) is 4.98 Å². The van der Waals surface area contributed by atoms with Crippen LogP contribution in [0.3, 0.4) is 0 Å². The number of rotatable bonds is 4. The number of thiophene rings is 2. The highest BCUT2D eigenvalue weighted by molar-refractivity contribution is 7.90. The van der Waals surface area contributed by atoms with E-state index in [0.29, 0.717) is 21.5 Å². The molecule has 0 radical (unpaired) electrons. The van der Waals surface area contributed by atoms with Gasteiger partial charge < -0.3 is 11.5 Å². The highest BCUT2D eigenvalue weighted by Gasteiger charge is 2.16. The first kappa shape index (κ1) is 15.9. The molecular weight excluding hydrogens is 354 g/mol. The minimum Gasteiger partial charge on any atom is -0.383 e. The zero-order valence-electron chi connectivity index (χ0n) is 12.1. The lowest BCUT2D eigenvalue weighted by Crippen LogP contribution is -2.11. The van der Waals surface area contributed by atoms with Crippen molar-refractivity contribution in [3.05, 3.63) is 34.8 Å². The fourth-order valence-electron chi connectivity index (χ4n) is 2.19. The molecule has 6 nitrogen and oxygen atoms in total. The highest BCUT2D eigenvalue weighted by Crippen LogP contribution is 2.40. The molecule has 0 aliphatic heterocycles. The van der Waals surface area contributed by atoms with Crippen LogP contribution in [0.1, 0.15) is 15.2 Å². The molecule has 0 spiro atoms. The zero-order valence-corrected chi connectivity index (χ0v) is 14.5. The maximum atomic E-state index is 11.5. The summed E-state index contributed by atoms with van der Waals surface area (Å²) in [7, 11) is -3.07. The highest BCUT2D eigenvalue weighted by atomic mass is 32.2. The number of carbonyl (C=O) groups is 1. The summed E-state index contributed by atoms with van der Waals surface area (Å²) in [5.74, 6) is -0.209. The Morgan fingerprint density at radius 2 is 2.00 bits per heavy atom. The Labute approximate surface area is 140 Å². The van der Waals surface area contributed by atoms with Crippen molar-refractivity contribution in [2.45, 2.75) is 5.75 Å². The van der Waals surface area contributed by atoms with E-state index < -0.39 is 15.7 Å². The molecule has 0 atom stereocenters. The molecule has 0 saturated carbocycles. The van der Waals surface area contributed by atoms with Crippen LogP contribution in [0.2, 0.25) is 0 Å². The molecule has 0 aliphatic rings. The molecule has 3 rings (SSSR count). The van der Waals surface area contributed by atoms with E-state index in [1.807, 2.05) is 12.1 Å². The molecule has 0 aliphatic carbocycles. The summed E-state index contributed by atoms with van der Waals surface area (Å²) in [4.78, 5) is 18.1. The van der Waals surface area contributed by atoms with Crippen LogP contribution in [0.5, 0.6) is 0 Å². The van der Waals surface area contributed by atoms with Gasteiger partial charge in [-0.05, 0) is 18.2 Å². The first-order chi connectivity index (χ1) is 10.7. The third-order valence-corrected chi connectivity index (χ3v) is 6.63. The number of nitrogens with zero attached hydrogens (tertiary/aromatic N) is 1. The van der Waals surface area contributed by atoms with Gasteiger partial charge in [0.1, 0.15) is 5.82 Å². The van der Waals surface area contributed by atoms with Crippen molar-refractivity contribution in [3.8, 4) is 9.75 Å². The van der Waals surface area contributed by atoms with Crippen molar-refractivity contribution in [1.29, 1.82) is 0 Å². The quantitative estimate of drug-likeness (QED) is 0.733. The van der Waals surface area contributed by atoms with E-state index >= 15 is 0 Å². The normalized spacial score (nSPS) is 11.9. The van der Waals surface area contributed by atoms with Gasteiger partial charge in [-0.15, -0.1) is 22.7 Å². The molecule has 3 heterocycles. The summed E-state index contributed by atoms with van der Waals surface area (Å²) in [5.41, 5.74) is 11.6. The van der Waals surface area contributed by atoms with E-state index in [1.54, 1.807) is 6.07 Å². The van der Waals surface area contributed by atoms with Crippen molar-refractivity contribution >= 4 is 54.3 Å². The van der Waals surface area contributed by atoms with Crippen LogP contribution < -0.4 is 11.5 Å². The number of nitrogen functional groups attached to an aromatic ring is 1. The molecule has 1 amide bonds. The number of aromatic nitrogens is 1. The smallest absolute Gasteiger partial charge is 0.251 e. The molecule has 3 aromatic rings. The second kappa shape index (κ2) is 5.59. The summed E-state index contributed by atoms with van der Waals surface area (Å²) in [5, 5.41) is 0.680. The predicted molar refractivity (Wildman–Crippen MR) is 94.4 cm³/mol. The maximum Gasteiger partial charge on any atom is 0.251 e. The van der Waals surface area contributed by atoms with Gasteiger partial charge in [-0.2, -0.15) is 0 Å². The minimum atomic E-state index is -3.07. The molecule has 4 N–H and O–H groups in total. The van der Waals surface area contributed by atoms with Crippen LogP contribution in [-0.4, -0.2) is 25.6 Å². The summed E-state index contributed by atoms with van der Waals surface area (Å²) in [6, 6.07) is 5.51. The molecule has 120 valence electrons. The average molecular weight is 367 g/mol. The second-order valence-electron chi connectivity index (χ2n) is 5.11. The van der Waals surface area contributed by atoms with Crippen LogP contribution in [0.4, 0.5) is 5.82 Å². The van der Waals surface area contributed by atoms with Gasteiger partial charge >= 0.3 is 0 Å². The monoisotopic (exact) mass is 367 g/mol. The van der Waals surface area contributed by atoms with Crippen molar-refractivity contribution in [2.24, 2.45) is 5.73 Å². The van der Waals surface area contributed by atoms with E-state index in [0.717, 1.165) is 14.6 Å². The molecule has 0 fully saturated rings. The predicted octanol–water partition coefficient (Wildman–Crippen LogP) is 2.25. The topological polar surface area (TPSA) is 116 Å². The second-order valence-corrected chi connectivity index (χ2v) is 9.47. The number of hydrogen-bond acceptors (Lipinski definition) is 7. The van der Waals surface area contributed by atoms with Crippen LogP contribution in [0.15, 0.2) is 24.4 Å². The molecule has 3 aromatic heterocycles. The Hall–Kier alpha value is -1.97. The number of amides is 1. The largest absolute Gasteiger partial charge is 0.383 e. The fraction of sp³-hybridized carbons (Fsp3) is 0.143. The standard InChI is InChI=1S/C14H13N3O3S3/c1-23(19,20)6-7-2-3-10(21-7)11-4-8-12(22-11)9(14(16)18)5-17-13(8)15/h2-5H,6H2,1H3,(H2,15,17)(H2,16,18). The Balaban J connectivity index is 2.09. The van der Waals surface area contributed by atoms with Crippen molar-refractivity contribution in [2.75, 3.05) is 12.0 Å². The first-order valence-electron chi connectivity index (χ1n) is 6.49. The van der Waals surface area contributed by atoms with Crippen LogP contribution in [-0.2, 0) is 15.6 Å². The molecule has 9 heteroatoms. The minimum absolute atomic E-state index is 0.0127. The van der Waals surface area contributed by atoms with Crippen molar-refractivity contribution in [3.63, 3.8) is 0 Å². The van der Waals surface area contributed by atoms with Crippen molar-refractivity contribution < 1.29 is 13.2 Å². The number of carbonyl (C=O) groups excluding carboxylic acids is 1. The van der Waals surface area contributed by atoms with Gasteiger partial charge in [0.25, 0.3) is 5.91 Å². The van der Waals surface area contributed by atoms with Gasteiger partial charge in [0.2, 0.25) is 0 Å². The van der Waals surface area contributed by atoms with Crippen LogP contribution in [0, 0.1) is 0 Å². The lowest BCUT2D eigenvalue weighted by molar-refractivity contribution is 0.100. The van der Waals surface area contributed by atoms with Gasteiger partial charge in [-0.3, -0.25) is 4.79 Å². The third-order valence-electron chi connectivity index (χ3n) is 3.16. The van der Waals surface area contributed by atoms with Gasteiger partial charge in [-0.25, -0.2) is 13.4 Å². The Morgan fingerprint density at radius 1 is 1.26 bits per heavy atom. The maximum absolute atomic E-state index is 11.5. The summed E-state index contributed by atoms with van der Waals surface area (Å²) in [6.45, 7) is 0. The fourth-order valence-corrected chi connectivity index (χ4v) is 5.74. The molecule has 0 bridgehead atoms. The van der Waals surface area contributed by atoms with Gasteiger partial charge in [0.15, 0.2) is 9.84 Å². The van der Waals surface area contributed by atoms with E-state index in [2.05, 4.69) is 4.98 Å². The molecule has 0 saturated heterocycles. The molecular formula is C14H13N3O3S3. The third kappa shape index (κ3) is 3.21. The molecule has 23 heavy (non-hydrogen) atoms. The number of nitrogens with two attached hydrogens (primary N) is 2. The lowest BCUT2D eigenvalue weighted by Gasteiger charge is -1.99. The van der Waals surface area contributed by atoms with E-state index in [4.69, 9.17) is 11.5 Å². The Kier molecular flexibility index (Phi) is 3.86.